The van der Waals surface area contributed by atoms with Crippen LogP contribution in [0.4, 0.5) is 5.69 Å². The first-order valence-corrected chi connectivity index (χ1v) is 5.25. The van der Waals surface area contributed by atoms with Crippen LogP contribution in [0, 0.1) is 6.92 Å². The number of aryl methyl sites for hydroxylation is 1. The fraction of sp³-hybridized carbons (Fsp3) is 0.600. The third-order valence-electron chi connectivity index (χ3n) is 2.28. The van der Waals surface area contributed by atoms with Gasteiger partial charge >= 0.3 is 0 Å². The van der Waals surface area contributed by atoms with Gasteiger partial charge in [0.05, 0.1) is 11.4 Å². The highest BCUT2D eigenvalue weighted by molar-refractivity contribution is 5.97. The van der Waals surface area contributed by atoms with Gasteiger partial charge in [-0.25, -0.2) is 0 Å². The van der Waals surface area contributed by atoms with E-state index in [9.17, 15) is 4.79 Å². The van der Waals surface area contributed by atoms with Crippen molar-refractivity contribution in [1.29, 1.82) is 0 Å². The van der Waals surface area contributed by atoms with Crippen LogP contribution in [-0.2, 0) is 0 Å². The Labute approximate surface area is 89.4 Å². The first-order valence-electron chi connectivity index (χ1n) is 5.25. The molecule has 1 aromatic rings. The number of nitrogens with zero attached hydrogens (tertiary/aromatic N) is 1. The number of nitrogens with two attached hydrogens (primary N) is 1. The largest absolute Gasteiger partial charge is 0.395 e. The van der Waals surface area contributed by atoms with Gasteiger partial charge in [-0.05, 0) is 13.3 Å². The van der Waals surface area contributed by atoms with Crippen molar-refractivity contribution >= 4 is 11.6 Å². The number of unbranched alkanes of at least 4 members (excludes halogenated alkanes) is 2. The number of carbonyl (C=O) groups excluding carboxylic acids is 1. The maximum absolute atomic E-state index is 11.6. The minimum Gasteiger partial charge on any atom is -0.395 e. The third-order valence-corrected chi connectivity index (χ3v) is 2.28. The summed E-state index contributed by atoms with van der Waals surface area (Å²) in [6, 6.07) is 0. The zero-order chi connectivity index (χ0) is 11.3. The predicted molar refractivity (Wildman–Crippen MR) is 59.6 cm³/mol. The molecule has 0 aromatic carbocycles. The molecule has 4 N–H and O–H groups in total. The topological polar surface area (TPSA) is 83.8 Å². The number of hydrogen-bond acceptors (Lipinski definition) is 3. The SMILES string of the molecule is CCCCCNC(=O)c1n[nH]c(C)c1N. The van der Waals surface area contributed by atoms with Crippen molar-refractivity contribution in [3.63, 3.8) is 0 Å². The summed E-state index contributed by atoms with van der Waals surface area (Å²) in [5.74, 6) is -0.201. The average molecular weight is 210 g/mol. The van der Waals surface area contributed by atoms with Gasteiger partial charge in [0.1, 0.15) is 0 Å². The summed E-state index contributed by atoms with van der Waals surface area (Å²) in [6.07, 6.45) is 3.25. The molecular formula is C10H18N4O. The molecule has 5 nitrogen and oxygen atoms in total. The van der Waals surface area contributed by atoms with Crippen molar-refractivity contribution in [1.82, 2.24) is 15.5 Å². The molecule has 0 aliphatic heterocycles. The minimum atomic E-state index is -0.201. The molecule has 0 aliphatic carbocycles. The van der Waals surface area contributed by atoms with Gasteiger partial charge < -0.3 is 11.1 Å². The summed E-state index contributed by atoms with van der Waals surface area (Å²) < 4.78 is 0. The molecule has 1 heterocycles. The van der Waals surface area contributed by atoms with Crippen molar-refractivity contribution in [2.75, 3.05) is 12.3 Å². The van der Waals surface area contributed by atoms with Crippen molar-refractivity contribution in [3.05, 3.63) is 11.4 Å². The molecule has 0 aliphatic rings. The molecule has 1 aromatic heterocycles. The molecule has 0 radical (unpaired) electrons. The van der Waals surface area contributed by atoms with E-state index in [2.05, 4.69) is 22.4 Å². The van der Waals surface area contributed by atoms with Crippen molar-refractivity contribution in [2.45, 2.75) is 33.1 Å². The van der Waals surface area contributed by atoms with E-state index >= 15 is 0 Å². The second-order valence-electron chi connectivity index (χ2n) is 3.57. The zero-order valence-electron chi connectivity index (χ0n) is 9.26. The van der Waals surface area contributed by atoms with E-state index in [1.165, 1.54) is 0 Å². The van der Waals surface area contributed by atoms with Crippen LogP contribution in [0.25, 0.3) is 0 Å². The van der Waals surface area contributed by atoms with E-state index in [0.29, 0.717) is 17.9 Å². The van der Waals surface area contributed by atoms with Crippen LogP contribution in [0.2, 0.25) is 0 Å². The lowest BCUT2D eigenvalue weighted by Crippen LogP contribution is -2.25. The Kier molecular flexibility index (Phi) is 4.15. The van der Waals surface area contributed by atoms with Gasteiger partial charge in [-0.15, -0.1) is 0 Å². The number of amides is 1. The fourth-order valence-corrected chi connectivity index (χ4v) is 1.27. The van der Waals surface area contributed by atoms with E-state index in [0.717, 1.165) is 25.0 Å². The highest BCUT2D eigenvalue weighted by Crippen LogP contribution is 2.11. The van der Waals surface area contributed by atoms with E-state index in [4.69, 9.17) is 5.73 Å². The zero-order valence-corrected chi connectivity index (χ0v) is 9.26. The molecule has 0 bridgehead atoms. The number of aromatic amines is 1. The molecule has 84 valence electrons. The molecule has 0 fully saturated rings. The van der Waals surface area contributed by atoms with E-state index in [-0.39, 0.29) is 5.91 Å². The Morgan fingerprint density at radius 2 is 2.27 bits per heavy atom. The van der Waals surface area contributed by atoms with Crippen LogP contribution >= 0.6 is 0 Å². The van der Waals surface area contributed by atoms with Crippen LogP contribution in [0.5, 0.6) is 0 Å². The fourth-order valence-electron chi connectivity index (χ4n) is 1.27. The van der Waals surface area contributed by atoms with Crippen LogP contribution in [0.3, 0.4) is 0 Å². The van der Waals surface area contributed by atoms with Crippen molar-refractivity contribution < 1.29 is 4.79 Å². The van der Waals surface area contributed by atoms with E-state index in [1.807, 2.05) is 0 Å². The van der Waals surface area contributed by atoms with Gasteiger partial charge in [0.15, 0.2) is 5.69 Å². The minimum absolute atomic E-state index is 0.201. The van der Waals surface area contributed by atoms with Crippen molar-refractivity contribution in [3.8, 4) is 0 Å². The summed E-state index contributed by atoms with van der Waals surface area (Å²) in [6.45, 7) is 4.59. The van der Waals surface area contributed by atoms with Gasteiger partial charge in [0.2, 0.25) is 0 Å². The third kappa shape index (κ3) is 2.97. The highest BCUT2D eigenvalue weighted by atomic mass is 16.1. The van der Waals surface area contributed by atoms with Gasteiger partial charge in [-0.2, -0.15) is 5.10 Å². The number of anilines is 1. The lowest BCUT2D eigenvalue weighted by molar-refractivity contribution is 0.0949. The summed E-state index contributed by atoms with van der Waals surface area (Å²) in [4.78, 5) is 11.6. The lowest BCUT2D eigenvalue weighted by Gasteiger charge is -2.02. The lowest BCUT2D eigenvalue weighted by atomic mass is 10.2. The smallest absolute Gasteiger partial charge is 0.273 e. The predicted octanol–water partition coefficient (Wildman–Crippen LogP) is 1.22. The van der Waals surface area contributed by atoms with Gasteiger partial charge in [0.25, 0.3) is 5.91 Å². The summed E-state index contributed by atoms with van der Waals surface area (Å²) in [5, 5.41) is 9.32. The highest BCUT2D eigenvalue weighted by Gasteiger charge is 2.14. The number of rotatable bonds is 5. The Hall–Kier alpha value is -1.52. The van der Waals surface area contributed by atoms with Crippen LogP contribution < -0.4 is 11.1 Å². The van der Waals surface area contributed by atoms with Crippen LogP contribution in [0.1, 0.15) is 42.4 Å². The molecule has 0 saturated carbocycles. The average Bonchev–Trinajstić information content (AvgIpc) is 2.55. The monoisotopic (exact) mass is 210 g/mol. The number of nitrogen functional groups attached to an aromatic ring is 1. The number of hydrogen-bond donors (Lipinski definition) is 3. The maximum Gasteiger partial charge on any atom is 0.273 e. The number of aromatic nitrogens is 2. The Bertz CT molecular complexity index is 332. The van der Waals surface area contributed by atoms with Gasteiger partial charge in [0, 0.05) is 6.54 Å². The Balaban J connectivity index is 2.44. The molecule has 0 unspecified atom stereocenters. The number of nitrogens with one attached hydrogen (secondary N) is 2. The molecule has 1 rings (SSSR count). The molecule has 0 atom stereocenters. The molecule has 1 amide bonds. The van der Waals surface area contributed by atoms with E-state index in [1.54, 1.807) is 6.92 Å². The van der Waals surface area contributed by atoms with Gasteiger partial charge in [-0.3, -0.25) is 9.89 Å². The summed E-state index contributed by atoms with van der Waals surface area (Å²) in [5.41, 5.74) is 7.14. The maximum atomic E-state index is 11.6. The number of carbonyl (C=O) groups is 1. The molecule has 5 heteroatoms. The quantitative estimate of drug-likeness (QED) is 0.639. The number of H-pyrrole nitrogens is 1. The summed E-state index contributed by atoms with van der Waals surface area (Å²) >= 11 is 0. The van der Waals surface area contributed by atoms with Crippen LogP contribution in [0.15, 0.2) is 0 Å². The first kappa shape index (κ1) is 11.6. The summed E-state index contributed by atoms with van der Waals surface area (Å²) in [7, 11) is 0. The molecular weight excluding hydrogens is 192 g/mol. The van der Waals surface area contributed by atoms with E-state index < -0.39 is 0 Å². The normalized spacial score (nSPS) is 10.3. The second-order valence-corrected chi connectivity index (χ2v) is 3.57. The molecule has 15 heavy (non-hydrogen) atoms. The standard InChI is InChI=1S/C10H18N4O/c1-3-4-5-6-12-10(15)9-8(11)7(2)13-14-9/h3-6,11H2,1-2H3,(H,12,15)(H,13,14). The molecule has 0 spiro atoms. The van der Waals surface area contributed by atoms with Crippen LogP contribution in [-0.4, -0.2) is 22.6 Å². The van der Waals surface area contributed by atoms with Gasteiger partial charge in [-0.1, -0.05) is 19.8 Å². The van der Waals surface area contributed by atoms with Crippen molar-refractivity contribution in [2.24, 2.45) is 0 Å². The second kappa shape index (κ2) is 5.38. The Morgan fingerprint density at radius 3 is 2.80 bits per heavy atom. The first-order chi connectivity index (χ1) is 7.16. The Morgan fingerprint density at radius 1 is 1.53 bits per heavy atom. The molecule has 0 saturated heterocycles.